The lowest BCUT2D eigenvalue weighted by Gasteiger charge is -2.28. The highest BCUT2D eigenvalue weighted by molar-refractivity contribution is 7.08. The minimum atomic E-state index is -0.678. The van der Waals surface area contributed by atoms with E-state index in [1.165, 1.54) is 12.7 Å². The van der Waals surface area contributed by atoms with Crippen molar-refractivity contribution < 1.29 is 14.3 Å². The molecule has 0 spiro atoms. The van der Waals surface area contributed by atoms with Crippen LogP contribution in [0.4, 0.5) is 5.69 Å². The molecule has 1 aromatic heterocycles. The van der Waals surface area contributed by atoms with Crippen molar-refractivity contribution in [1.82, 2.24) is 5.32 Å². The Hall–Kier alpha value is -2.34. The van der Waals surface area contributed by atoms with Crippen LogP contribution in [0.5, 0.6) is 5.75 Å². The number of ether oxygens (including phenoxy) is 1. The summed E-state index contributed by atoms with van der Waals surface area (Å²) in [6.07, 6.45) is 4.38. The number of para-hydroxylation sites is 2. The lowest BCUT2D eigenvalue weighted by molar-refractivity contribution is -0.136. The Morgan fingerprint density at radius 2 is 1.92 bits per heavy atom. The molecule has 6 heteroatoms. The van der Waals surface area contributed by atoms with Crippen LogP contribution in [0.2, 0.25) is 0 Å². The topological polar surface area (TPSA) is 67.4 Å². The Balaban J connectivity index is 1.63. The molecule has 1 heterocycles. The minimum Gasteiger partial charge on any atom is -0.495 e. The predicted molar refractivity (Wildman–Crippen MR) is 99.1 cm³/mol. The molecule has 132 valence electrons. The quantitative estimate of drug-likeness (QED) is 0.806. The lowest BCUT2D eigenvalue weighted by Crippen LogP contribution is -2.43. The number of benzene rings is 1. The summed E-state index contributed by atoms with van der Waals surface area (Å²) in [7, 11) is 1.52. The van der Waals surface area contributed by atoms with Gasteiger partial charge in [-0.1, -0.05) is 25.0 Å². The fourth-order valence-corrected chi connectivity index (χ4v) is 4.22. The van der Waals surface area contributed by atoms with E-state index in [0.717, 1.165) is 25.7 Å². The molecule has 0 unspecified atom stereocenters. The molecular weight excluding hydrogens is 336 g/mol. The summed E-state index contributed by atoms with van der Waals surface area (Å²) >= 11 is 1.67. The van der Waals surface area contributed by atoms with Crippen molar-refractivity contribution in [3.8, 4) is 5.75 Å². The highest BCUT2D eigenvalue weighted by Gasteiger charge is 2.36. The van der Waals surface area contributed by atoms with Crippen LogP contribution >= 0.6 is 11.3 Å². The summed E-state index contributed by atoms with van der Waals surface area (Å²) in [4.78, 5) is 24.5. The summed E-state index contributed by atoms with van der Waals surface area (Å²) in [6, 6.07) is 9.14. The molecule has 0 bridgehead atoms. The van der Waals surface area contributed by atoms with Crippen molar-refractivity contribution in [1.29, 1.82) is 0 Å². The van der Waals surface area contributed by atoms with E-state index < -0.39 is 11.8 Å². The molecule has 3 rings (SSSR count). The second-order valence-electron chi connectivity index (χ2n) is 6.34. The Morgan fingerprint density at radius 1 is 1.16 bits per heavy atom. The van der Waals surface area contributed by atoms with E-state index in [1.807, 2.05) is 0 Å². The normalized spacial score (nSPS) is 15.6. The second-order valence-corrected chi connectivity index (χ2v) is 7.12. The number of hydrogen-bond acceptors (Lipinski definition) is 4. The van der Waals surface area contributed by atoms with Crippen LogP contribution in [0.15, 0.2) is 41.1 Å². The van der Waals surface area contributed by atoms with Crippen LogP contribution in [0, 0.1) is 0 Å². The van der Waals surface area contributed by atoms with E-state index in [-0.39, 0.29) is 5.41 Å². The monoisotopic (exact) mass is 358 g/mol. The van der Waals surface area contributed by atoms with E-state index in [0.29, 0.717) is 18.0 Å². The van der Waals surface area contributed by atoms with Gasteiger partial charge in [0, 0.05) is 12.0 Å². The summed E-state index contributed by atoms with van der Waals surface area (Å²) in [5.41, 5.74) is 1.71. The summed E-state index contributed by atoms with van der Waals surface area (Å²) < 4.78 is 5.19. The van der Waals surface area contributed by atoms with Gasteiger partial charge in [-0.15, -0.1) is 0 Å². The van der Waals surface area contributed by atoms with Crippen LogP contribution in [0.1, 0.15) is 31.2 Å². The van der Waals surface area contributed by atoms with E-state index in [4.69, 9.17) is 4.74 Å². The highest BCUT2D eigenvalue weighted by atomic mass is 32.1. The Kier molecular flexibility index (Phi) is 5.38. The molecule has 0 atom stereocenters. The van der Waals surface area contributed by atoms with Gasteiger partial charge in [0.05, 0.1) is 12.8 Å². The fraction of sp³-hybridized carbons (Fsp3) is 0.368. The van der Waals surface area contributed by atoms with Gasteiger partial charge in [0.2, 0.25) is 0 Å². The summed E-state index contributed by atoms with van der Waals surface area (Å²) in [5.74, 6) is -0.774. The highest BCUT2D eigenvalue weighted by Crippen LogP contribution is 2.41. The number of carbonyl (C=O) groups excluding carboxylic acids is 2. The molecule has 0 radical (unpaired) electrons. The smallest absolute Gasteiger partial charge is 0.313 e. The summed E-state index contributed by atoms with van der Waals surface area (Å²) in [6.45, 7) is 0.488. The first-order valence-electron chi connectivity index (χ1n) is 8.39. The first kappa shape index (κ1) is 17.5. The molecule has 25 heavy (non-hydrogen) atoms. The summed E-state index contributed by atoms with van der Waals surface area (Å²) in [5, 5.41) is 9.64. The van der Waals surface area contributed by atoms with E-state index >= 15 is 0 Å². The third-order valence-corrected chi connectivity index (χ3v) is 5.53. The molecule has 2 N–H and O–H groups in total. The van der Waals surface area contributed by atoms with Gasteiger partial charge in [0.25, 0.3) is 0 Å². The van der Waals surface area contributed by atoms with E-state index in [9.17, 15) is 9.59 Å². The van der Waals surface area contributed by atoms with Gasteiger partial charge < -0.3 is 15.4 Å². The molecule has 5 nitrogen and oxygen atoms in total. The molecule has 2 aromatic rings. The van der Waals surface area contributed by atoms with Crippen LogP contribution in [0.3, 0.4) is 0 Å². The van der Waals surface area contributed by atoms with Gasteiger partial charge in [-0.05, 0) is 47.4 Å². The van der Waals surface area contributed by atoms with Gasteiger partial charge in [-0.2, -0.15) is 11.3 Å². The van der Waals surface area contributed by atoms with Gasteiger partial charge >= 0.3 is 11.8 Å². The number of anilines is 1. The van der Waals surface area contributed by atoms with Crippen LogP contribution in [-0.2, 0) is 15.0 Å². The Labute approximate surface area is 151 Å². The number of hydrogen-bond donors (Lipinski definition) is 2. The van der Waals surface area contributed by atoms with E-state index in [2.05, 4.69) is 27.5 Å². The maximum atomic E-state index is 12.3. The van der Waals surface area contributed by atoms with Crippen molar-refractivity contribution in [2.75, 3.05) is 19.0 Å². The maximum absolute atomic E-state index is 12.3. The average Bonchev–Trinajstić information content (AvgIpc) is 3.32. The molecule has 1 aliphatic rings. The zero-order valence-electron chi connectivity index (χ0n) is 14.2. The predicted octanol–water partition coefficient (Wildman–Crippen LogP) is 3.32. The van der Waals surface area contributed by atoms with E-state index in [1.54, 1.807) is 35.6 Å². The van der Waals surface area contributed by atoms with Crippen molar-refractivity contribution >= 4 is 28.8 Å². The van der Waals surface area contributed by atoms with Crippen LogP contribution < -0.4 is 15.4 Å². The van der Waals surface area contributed by atoms with Crippen molar-refractivity contribution in [3.05, 3.63) is 46.7 Å². The molecule has 2 amide bonds. The number of thiophene rings is 1. The van der Waals surface area contributed by atoms with Crippen LogP contribution in [0.25, 0.3) is 0 Å². The minimum absolute atomic E-state index is 0.0413. The number of carbonyl (C=O) groups is 2. The van der Waals surface area contributed by atoms with Gasteiger partial charge in [0.15, 0.2) is 0 Å². The second kappa shape index (κ2) is 7.70. The zero-order chi connectivity index (χ0) is 17.7. The van der Waals surface area contributed by atoms with Gasteiger partial charge in [0.1, 0.15) is 5.75 Å². The Bertz CT molecular complexity index is 737. The molecule has 1 saturated carbocycles. The SMILES string of the molecule is COc1ccccc1NC(=O)C(=O)NCC1(c2ccsc2)CCCC1. The van der Waals surface area contributed by atoms with Gasteiger partial charge in [-0.3, -0.25) is 9.59 Å². The van der Waals surface area contributed by atoms with Gasteiger partial charge in [-0.25, -0.2) is 0 Å². The molecule has 1 fully saturated rings. The third kappa shape index (κ3) is 3.85. The van der Waals surface area contributed by atoms with Crippen molar-refractivity contribution in [2.45, 2.75) is 31.1 Å². The first-order valence-corrected chi connectivity index (χ1v) is 9.34. The fourth-order valence-electron chi connectivity index (χ4n) is 3.44. The van der Waals surface area contributed by atoms with Crippen molar-refractivity contribution in [3.63, 3.8) is 0 Å². The average molecular weight is 358 g/mol. The van der Waals surface area contributed by atoms with Crippen molar-refractivity contribution in [2.24, 2.45) is 0 Å². The number of methoxy groups -OCH3 is 1. The zero-order valence-corrected chi connectivity index (χ0v) is 15.0. The maximum Gasteiger partial charge on any atom is 0.313 e. The standard InChI is InChI=1S/C19H22N2O3S/c1-24-16-7-3-2-6-15(16)21-18(23)17(22)20-13-19(9-4-5-10-19)14-8-11-25-12-14/h2-3,6-8,11-12H,4-5,9-10,13H2,1H3,(H,20,22)(H,21,23). The number of nitrogens with one attached hydrogen (secondary N) is 2. The molecule has 1 aromatic carbocycles. The third-order valence-electron chi connectivity index (χ3n) is 4.84. The van der Waals surface area contributed by atoms with Crippen LogP contribution in [-0.4, -0.2) is 25.5 Å². The number of amides is 2. The molecule has 1 aliphatic carbocycles. The molecule has 0 aliphatic heterocycles. The molecular formula is C19H22N2O3S. The Morgan fingerprint density at radius 3 is 2.60 bits per heavy atom. The number of rotatable bonds is 5. The largest absolute Gasteiger partial charge is 0.495 e. The first-order chi connectivity index (χ1) is 12.1. The molecule has 0 saturated heterocycles. The lowest BCUT2D eigenvalue weighted by atomic mass is 9.80.